The lowest BCUT2D eigenvalue weighted by molar-refractivity contribution is -0.118. The van der Waals surface area contributed by atoms with E-state index in [1.807, 2.05) is 49.3 Å². The summed E-state index contributed by atoms with van der Waals surface area (Å²) < 4.78 is 5.40. The van der Waals surface area contributed by atoms with Crippen LogP contribution in [0.3, 0.4) is 0 Å². The van der Waals surface area contributed by atoms with Gasteiger partial charge >= 0.3 is 0 Å². The summed E-state index contributed by atoms with van der Waals surface area (Å²) in [7, 11) is 3.83. The summed E-state index contributed by atoms with van der Waals surface area (Å²) in [5.74, 6) is 0.314. The molecule has 0 saturated carbocycles. The van der Waals surface area contributed by atoms with Gasteiger partial charge < -0.3 is 15.0 Å². The number of nitrogens with zero attached hydrogens (tertiary/aromatic N) is 2. The summed E-state index contributed by atoms with van der Waals surface area (Å²) >= 11 is 0. The summed E-state index contributed by atoms with van der Waals surface area (Å²) in [4.78, 5) is 13.9. The molecular weight excluding hydrogens is 278 g/mol. The van der Waals surface area contributed by atoms with E-state index in [9.17, 15) is 4.79 Å². The average molecular weight is 295 g/mol. The number of para-hydroxylation sites is 2. The molecule has 2 rings (SSSR count). The minimum absolute atomic E-state index is 0.0896. The zero-order valence-corrected chi connectivity index (χ0v) is 12.5. The van der Waals surface area contributed by atoms with Crippen molar-refractivity contribution in [2.24, 2.45) is 0 Å². The molecule has 0 aliphatic carbocycles. The van der Waals surface area contributed by atoms with Crippen molar-refractivity contribution in [3.63, 3.8) is 0 Å². The summed E-state index contributed by atoms with van der Waals surface area (Å²) in [6, 6.07) is 16.2. The van der Waals surface area contributed by atoms with Gasteiger partial charge in [0.1, 0.15) is 5.75 Å². The smallest absolute Gasteiger partial charge is 0.262 e. The Morgan fingerprint density at radius 2 is 1.86 bits per heavy atom. The van der Waals surface area contributed by atoms with Crippen molar-refractivity contribution in [3.05, 3.63) is 54.1 Å². The molecule has 0 spiro atoms. The van der Waals surface area contributed by atoms with Gasteiger partial charge in [0.05, 0.1) is 23.0 Å². The van der Waals surface area contributed by atoms with E-state index < -0.39 is 0 Å². The molecule has 0 heterocycles. The standard InChI is InChI=1S/C17H17N3O2/c1-20(2)16-6-4-3-5-15(16)19-17(21)12-22-14-9-7-13(11-18)8-10-14/h3-10H,12H2,1-2H3,(H,19,21). The largest absolute Gasteiger partial charge is 0.484 e. The first-order valence-electron chi connectivity index (χ1n) is 6.79. The summed E-state index contributed by atoms with van der Waals surface area (Å²) in [5, 5.41) is 11.5. The fraction of sp³-hybridized carbons (Fsp3) is 0.176. The van der Waals surface area contributed by atoms with Crippen molar-refractivity contribution in [2.45, 2.75) is 0 Å². The van der Waals surface area contributed by atoms with Crippen molar-refractivity contribution < 1.29 is 9.53 Å². The minimum Gasteiger partial charge on any atom is -0.484 e. The van der Waals surface area contributed by atoms with Gasteiger partial charge in [0.25, 0.3) is 5.91 Å². The summed E-state index contributed by atoms with van der Waals surface area (Å²) in [6.45, 7) is -0.0896. The molecule has 1 N–H and O–H groups in total. The monoisotopic (exact) mass is 295 g/mol. The second-order valence-corrected chi connectivity index (χ2v) is 4.88. The number of nitrogens with one attached hydrogen (secondary N) is 1. The number of amides is 1. The van der Waals surface area contributed by atoms with Gasteiger partial charge in [0, 0.05) is 14.1 Å². The van der Waals surface area contributed by atoms with E-state index in [-0.39, 0.29) is 12.5 Å². The molecule has 0 aliphatic rings. The first-order chi connectivity index (χ1) is 10.6. The maximum Gasteiger partial charge on any atom is 0.262 e. The van der Waals surface area contributed by atoms with Crippen molar-refractivity contribution in [2.75, 3.05) is 30.9 Å². The van der Waals surface area contributed by atoms with Gasteiger partial charge in [0.2, 0.25) is 0 Å². The lowest BCUT2D eigenvalue weighted by Crippen LogP contribution is -2.22. The van der Waals surface area contributed by atoms with Crippen molar-refractivity contribution in [1.82, 2.24) is 0 Å². The third kappa shape index (κ3) is 4.00. The molecule has 2 aromatic carbocycles. The highest BCUT2D eigenvalue weighted by Crippen LogP contribution is 2.23. The Bertz CT molecular complexity index is 688. The predicted molar refractivity (Wildman–Crippen MR) is 86.1 cm³/mol. The molecule has 0 fully saturated rings. The topological polar surface area (TPSA) is 65.4 Å². The third-order valence-electron chi connectivity index (χ3n) is 3.01. The number of nitriles is 1. The second kappa shape index (κ2) is 7.14. The molecule has 5 nitrogen and oxygen atoms in total. The van der Waals surface area contributed by atoms with Crippen LogP contribution in [-0.2, 0) is 4.79 Å². The Kier molecular flexibility index (Phi) is 4.99. The van der Waals surface area contributed by atoms with Crippen LogP contribution >= 0.6 is 0 Å². The number of rotatable bonds is 5. The number of carbonyl (C=O) groups excluding carboxylic acids is 1. The van der Waals surface area contributed by atoms with Gasteiger partial charge in [-0.2, -0.15) is 5.26 Å². The first-order valence-corrected chi connectivity index (χ1v) is 6.79. The lowest BCUT2D eigenvalue weighted by atomic mass is 10.2. The fourth-order valence-electron chi connectivity index (χ4n) is 1.93. The van der Waals surface area contributed by atoms with Crippen molar-refractivity contribution in [3.8, 4) is 11.8 Å². The lowest BCUT2D eigenvalue weighted by Gasteiger charge is -2.17. The quantitative estimate of drug-likeness (QED) is 0.921. The average Bonchev–Trinajstić information content (AvgIpc) is 2.53. The molecule has 22 heavy (non-hydrogen) atoms. The molecule has 0 radical (unpaired) electrons. The summed E-state index contributed by atoms with van der Waals surface area (Å²) in [5.41, 5.74) is 2.21. The maximum atomic E-state index is 12.0. The molecule has 112 valence electrons. The number of hydrogen-bond donors (Lipinski definition) is 1. The normalized spacial score (nSPS) is 9.68. The molecule has 0 unspecified atom stereocenters. The van der Waals surface area contributed by atoms with Crippen LogP contribution in [0.25, 0.3) is 0 Å². The van der Waals surface area contributed by atoms with E-state index in [1.54, 1.807) is 24.3 Å². The van der Waals surface area contributed by atoms with Crippen LogP contribution in [0.15, 0.2) is 48.5 Å². The molecule has 0 saturated heterocycles. The van der Waals surface area contributed by atoms with E-state index in [0.29, 0.717) is 11.3 Å². The van der Waals surface area contributed by atoms with Gasteiger partial charge in [0.15, 0.2) is 6.61 Å². The Morgan fingerprint density at radius 1 is 1.18 bits per heavy atom. The van der Waals surface area contributed by atoms with Gasteiger partial charge in [-0.15, -0.1) is 0 Å². The Hall–Kier alpha value is -3.00. The molecule has 0 aromatic heterocycles. The Balaban J connectivity index is 1.94. The second-order valence-electron chi connectivity index (χ2n) is 4.88. The van der Waals surface area contributed by atoms with Crippen molar-refractivity contribution >= 4 is 17.3 Å². The van der Waals surface area contributed by atoms with Crippen LogP contribution in [0.2, 0.25) is 0 Å². The number of anilines is 2. The van der Waals surface area contributed by atoms with Crippen LogP contribution in [0.1, 0.15) is 5.56 Å². The van der Waals surface area contributed by atoms with Crippen LogP contribution in [0, 0.1) is 11.3 Å². The van der Waals surface area contributed by atoms with Crippen LogP contribution in [0.4, 0.5) is 11.4 Å². The fourth-order valence-corrected chi connectivity index (χ4v) is 1.93. The van der Waals surface area contributed by atoms with E-state index in [2.05, 4.69) is 5.32 Å². The third-order valence-corrected chi connectivity index (χ3v) is 3.01. The zero-order chi connectivity index (χ0) is 15.9. The first kappa shape index (κ1) is 15.4. The highest BCUT2D eigenvalue weighted by molar-refractivity contribution is 5.95. The summed E-state index contributed by atoms with van der Waals surface area (Å²) in [6.07, 6.45) is 0. The number of hydrogen-bond acceptors (Lipinski definition) is 4. The maximum absolute atomic E-state index is 12.0. The zero-order valence-electron chi connectivity index (χ0n) is 12.5. The van der Waals surface area contributed by atoms with Gasteiger partial charge in [-0.1, -0.05) is 12.1 Å². The molecule has 2 aromatic rings. The predicted octanol–water partition coefficient (Wildman–Crippen LogP) is 2.64. The van der Waals surface area contributed by atoms with E-state index in [4.69, 9.17) is 10.00 Å². The molecule has 5 heteroatoms. The minimum atomic E-state index is -0.237. The highest BCUT2D eigenvalue weighted by Gasteiger charge is 2.08. The molecule has 0 aliphatic heterocycles. The van der Waals surface area contributed by atoms with Gasteiger partial charge in [-0.3, -0.25) is 4.79 Å². The van der Waals surface area contributed by atoms with Crippen LogP contribution < -0.4 is 15.0 Å². The van der Waals surface area contributed by atoms with Gasteiger partial charge in [-0.25, -0.2) is 0 Å². The molecular formula is C17H17N3O2. The molecule has 0 atom stereocenters. The highest BCUT2D eigenvalue weighted by atomic mass is 16.5. The Labute approximate surface area is 129 Å². The van der Waals surface area contributed by atoms with E-state index in [0.717, 1.165) is 11.4 Å². The van der Waals surface area contributed by atoms with Crippen LogP contribution in [0.5, 0.6) is 5.75 Å². The van der Waals surface area contributed by atoms with Crippen molar-refractivity contribution in [1.29, 1.82) is 5.26 Å². The Morgan fingerprint density at radius 3 is 2.50 bits per heavy atom. The number of benzene rings is 2. The van der Waals surface area contributed by atoms with Gasteiger partial charge in [-0.05, 0) is 36.4 Å². The molecule has 0 bridgehead atoms. The van der Waals surface area contributed by atoms with E-state index in [1.165, 1.54) is 0 Å². The number of carbonyl (C=O) groups is 1. The molecule has 1 amide bonds. The van der Waals surface area contributed by atoms with E-state index >= 15 is 0 Å². The van der Waals surface area contributed by atoms with Crippen LogP contribution in [-0.4, -0.2) is 26.6 Å². The number of ether oxygens (including phenoxy) is 1. The SMILES string of the molecule is CN(C)c1ccccc1NC(=O)COc1ccc(C#N)cc1.